The van der Waals surface area contributed by atoms with E-state index in [0.717, 1.165) is 29.0 Å². The molecule has 0 unspecified atom stereocenters. The summed E-state index contributed by atoms with van der Waals surface area (Å²) < 4.78 is 14.8. The normalized spacial score (nSPS) is 12.8. The van der Waals surface area contributed by atoms with Crippen molar-refractivity contribution in [3.63, 3.8) is 0 Å². The lowest BCUT2D eigenvalue weighted by Crippen LogP contribution is -2.28. The number of ether oxygens (including phenoxy) is 2. The molecule has 0 atom stereocenters. The van der Waals surface area contributed by atoms with E-state index in [1.54, 1.807) is 27.7 Å². The van der Waals surface area contributed by atoms with E-state index in [0.29, 0.717) is 11.5 Å². The molecule has 0 fully saturated rings. The van der Waals surface area contributed by atoms with Gasteiger partial charge in [0, 0.05) is 5.41 Å². The standard InChI is InChI=1S/C23H28Br4O4/c1-21(2,28)11-30-19-15(24)7-13(8-16(19)25)23(5,6)14-9-17(26)20(18(27)10-14)31-12-22(3,4)29/h7-10,28-29H,11-12H2,1-6H3. The second kappa shape index (κ2) is 10.0. The third kappa shape index (κ3) is 7.44. The summed E-state index contributed by atoms with van der Waals surface area (Å²) in [7, 11) is 0. The van der Waals surface area contributed by atoms with Gasteiger partial charge in [0.25, 0.3) is 0 Å². The quantitative estimate of drug-likeness (QED) is 0.305. The summed E-state index contributed by atoms with van der Waals surface area (Å²) in [5, 5.41) is 19.9. The molecular formula is C23H28Br4O4. The van der Waals surface area contributed by atoms with Gasteiger partial charge in [-0.05, 0) is 127 Å². The molecule has 0 aliphatic rings. The molecule has 0 bridgehead atoms. The molecule has 0 saturated heterocycles. The van der Waals surface area contributed by atoms with Crippen LogP contribution in [-0.4, -0.2) is 34.6 Å². The Labute approximate surface area is 218 Å². The number of hydrogen-bond acceptors (Lipinski definition) is 4. The average Bonchev–Trinajstić information content (AvgIpc) is 2.58. The monoisotopic (exact) mass is 684 g/mol. The first kappa shape index (κ1) is 27.1. The van der Waals surface area contributed by atoms with Crippen LogP contribution in [0.2, 0.25) is 0 Å². The Morgan fingerprint density at radius 3 is 1.10 bits per heavy atom. The second-order valence-electron chi connectivity index (χ2n) is 9.37. The van der Waals surface area contributed by atoms with Gasteiger partial charge in [-0.3, -0.25) is 0 Å². The SMILES string of the molecule is CC(C)(O)COc1c(Br)cc(C(C)(C)c2cc(Br)c(OCC(C)(C)O)c(Br)c2)cc1Br. The van der Waals surface area contributed by atoms with Crippen molar-refractivity contribution in [2.75, 3.05) is 13.2 Å². The summed E-state index contributed by atoms with van der Waals surface area (Å²) in [5.41, 5.74) is -0.0363. The van der Waals surface area contributed by atoms with Gasteiger partial charge in [0.1, 0.15) is 24.7 Å². The first-order valence-corrected chi connectivity index (χ1v) is 12.9. The Balaban J connectivity index is 2.38. The minimum Gasteiger partial charge on any atom is -0.488 e. The molecule has 0 heterocycles. The zero-order valence-corrected chi connectivity index (χ0v) is 24.8. The van der Waals surface area contributed by atoms with E-state index in [2.05, 4.69) is 77.6 Å². The van der Waals surface area contributed by atoms with Crippen LogP contribution in [-0.2, 0) is 5.41 Å². The smallest absolute Gasteiger partial charge is 0.147 e. The van der Waals surface area contributed by atoms with E-state index in [9.17, 15) is 10.2 Å². The molecule has 0 aliphatic carbocycles. The third-order valence-corrected chi connectivity index (χ3v) is 6.94. The van der Waals surface area contributed by atoms with Gasteiger partial charge in [-0.25, -0.2) is 0 Å². The second-order valence-corrected chi connectivity index (χ2v) is 12.8. The molecule has 172 valence electrons. The van der Waals surface area contributed by atoms with Crippen LogP contribution in [0.3, 0.4) is 0 Å². The summed E-state index contributed by atoms with van der Waals surface area (Å²) in [6.07, 6.45) is 0. The number of hydrogen-bond donors (Lipinski definition) is 2. The Morgan fingerprint density at radius 1 is 0.613 bits per heavy atom. The van der Waals surface area contributed by atoms with Gasteiger partial charge in [-0.15, -0.1) is 0 Å². The molecule has 2 aromatic rings. The largest absolute Gasteiger partial charge is 0.488 e. The van der Waals surface area contributed by atoms with Gasteiger partial charge in [0.15, 0.2) is 0 Å². The molecule has 0 radical (unpaired) electrons. The highest BCUT2D eigenvalue weighted by molar-refractivity contribution is 9.11. The average molecular weight is 688 g/mol. The van der Waals surface area contributed by atoms with E-state index >= 15 is 0 Å². The Bertz CT molecular complexity index is 822. The predicted molar refractivity (Wildman–Crippen MR) is 139 cm³/mol. The first-order chi connectivity index (χ1) is 14.0. The fraction of sp³-hybridized carbons (Fsp3) is 0.478. The van der Waals surface area contributed by atoms with E-state index in [1.807, 2.05) is 24.3 Å². The molecule has 8 heteroatoms. The molecule has 0 spiro atoms. The highest BCUT2D eigenvalue weighted by Crippen LogP contribution is 2.44. The van der Waals surface area contributed by atoms with Crippen molar-refractivity contribution in [1.82, 2.24) is 0 Å². The summed E-state index contributed by atoms with van der Waals surface area (Å²) >= 11 is 14.4. The molecule has 0 amide bonds. The van der Waals surface area contributed by atoms with Crippen molar-refractivity contribution < 1.29 is 19.7 Å². The zero-order chi connectivity index (χ0) is 23.8. The van der Waals surface area contributed by atoms with Crippen LogP contribution >= 0.6 is 63.7 Å². The van der Waals surface area contributed by atoms with Crippen molar-refractivity contribution in [3.8, 4) is 11.5 Å². The topological polar surface area (TPSA) is 58.9 Å². The predicted octanol–water partition coefficient (Wildman–Crippen LogP) is 7.36. The molecule has 2 N–H and O–H groups in total. The van der Waals surface area contributed by atoms with Gasteiger partial charge in [0.2, 0.25) is 0 Å². The summed E-state index contributed by atoms with van der Waals surface area (Å²) in [5.74, 6) is 1.30. The van der Waals surface area contributed by atoms with Crippen LogP contribution in [0.15, 0.2) is 42.2 Å². The molecular weight excluding hydrogens is 660 g/mol. The van der Waals surface area contributed by atoms with Crippen LogP contribution in [0.25, 0.3) is 0 Å². The third-order valence-electron chi connectivity index (χ3n) is 4.58. The molecule has 2 rings (SSSR count). The highest BCUT2D eigenvalue weighted by atomic mass is 79.9. The van der Waals surface area contributed by atoms with E-state index in [4.69, 9.17) is 9.47 Å². The Morgan fingerprint density at radius 2 is 0.871 bits per heavy atom. The molecule has 31 heavy (non-hydrogen) atoms. The number of aliphatic hydroxyl groups is 2. The van der Waals surface area contributed by atoms with Crippen LogP contribution in [0.5, 0.6) is 11.5 Å². The first-order valence-electron chi connectivity index (χ1n) is 9.71. The summed E-state index contributed by atoms with van der Waals surface area (Å²) in [4.78, 5) is 0. The molecule has 4 nitrogen and oxygen atoms in total. The van der Waals surface area contributed by atoms with E-state index in [-0.39, 0.29) is 18.6 Å². The minimum absolute atomic E-state index is 0.180. The lowest BCUT2D eigenvalue weighted by Gasteiger charge is -2.29. The van der Waals surface area contributed by atoms with Crippen LogP contribution in [0.4, 0.5) is 0 Å². The van der Waals surface area contributed by atoms with Gasteiger partial charge in [-0.1, -0.05) is 13.8 Å². The fourth-order valence-corrected chi connectivity index (χ4v) is 5.61. The van der Waals surface area contributed by atoms with Crippen molar-refractivity contribution in [2.24, 2.45) is 0 Å². The number of benzene rings is 2. The summed E-state index contributed by atoms with van der Waals surface area (Å²) in [6.45, 7) is 11.5. The molecule has 0 aromatic heterocycles. The Kier molecular flexibility index (Phi) is 8.77. The lowest BCUT2D eigenvalue weighted by molar-refractivity contribution is 0.0276. The van der Waals surface area contributed by atoms with Gasteiger partial charge in [-0.2, -0.15) is 0 Å². The van der Waals surface area contributed by atoms with Crippen LogP contribution in [0.1, 0.15) is 52.7 Å². The maximum atomic E-state index is 9.96. The lowest BCUT2D eigenvalue weighted by atomic mass is 9.78. The van der Waals surface area contributed by atoms with Crippen molar-refractivity contribution in [2.45, 2.75) is 58.2 Å². The van der Waals surface area contributed by atoms with Crippen molar-refractivity contribution in [1.29, 1.82) is 0 Å². The molecule has 2 aromatic carbocycles. The van der Waals surface area contributed by atoms with Crippen molar-refractivity contribution in [3.05, 3.63) is 53.3 Å². The van der Waals surface area contributed by atoms with Gasteiger partial charge >= 0.3 is 0 Å². The highest BCUT2D eigenvalue weighted by Gasteiger charge is 2.28. The Hall–Kier alpha value is -0.120. The maximum absolute atomic E-state index is 9.96. The van der Waals surface area contributed by atoms with E-state index in [1.165, 1.54) is 0 Å². The van der Waals surface area contributed by atoms with E-state index < -0.39 is 11.2 Å². The minimum atomic E-state index is -0.926. The van der Waals surface area contributed by atoms with Gasteiger partial charge in [0.05, 0.1) is 29.1 Å². The van der Waals surface area contributed by atoms with Gasteiger partial charge < -0.3 is 19.7 Å². The van der Waals surface area contributed by atoms with Crippen molar-refractivity contribution >= 4 is 63.7 Å². The molecule has 0 aliphatic heterocycles. The molecule has 0 saturated carbocycles. The maximum Gasteiger partial charge on any atom is 0.147 e. The van der Waals surface area contributed by atoms with Crippen LogP contribution in [0, 0.1) is 0 Å². The zero-order valence-electron chi connectivity index (χ0n) is 18.4. The number of rotatable bonds is 8. The number of halogens is 4. The fourth-order valence-electron chi connectivity index (χ4n) is 2.78. The van der Waals surface area contributed by atoms with Crippen LogP contribution < -0.4 is 9.47 Å². The summed E-state index contributed by atoms with van der Waals surface area (Å²) in [6, 6.07) is 8.13.